The van der Waals surface area contributed by atoms with Crippen molar-refractivity contribution in [3.63, 3.8) is 0 Å². The summed E-state index contributed by atoms with van der Waals surface area (Å²) >= 11 is 1.61. The maximum absolute atomic E-state index is 13.5. The number of carbonyl (C=O) groups excluding carboxylic acids is 1. The number of fused-ring (bicyclic) bond motifs is 4. The molecular formula is C24H23F2N5OS. The fraction of sp³-hybridized carbons (Fsp3) is 0.417. The van der Waals surface area contributed by atoms with E-state index in [1.165, 1.54) is 11.1 Å². The summed E-state index contributed by atoms with van der Waals surface area (Å²) in [6, 6.07) is 6.20. The van der Waals surface area contributed by atoms with Gasteiger partial charge in [0, 0.05) is 48.6 Å². The molecule has 0 saturated carbocycles. The molecule has 0 bridgehead atoms. The minimum Gasteiger partial charge on any atom is -0.342 e. The lowest BCUT2D eigenvalue weighted by molar-refractivity contribution is -0.141. The maximum atomic E-state index is 13.5. The number of anilines is 2. The van der Waals surface area contributed by atoms with Crippen LogP contribution in [0.15, 0.2) is 29.5 Å². The van der Waals surface area contributed by atoms with Gasteiger partial charge >= 0.3 is 0 Å². The minimum atomic E-state index is -2.64. The first-order valence-electron chi connectivity index (χ1n) is 11.3. The van der Waals surface area contributed by atoms with Crippen LogP contribution < -0.4 is 5.32 Å². The Morgan fingerprint density at radius 3 is 2.91 bits per heavy atom. The Hall–Kier alpha value is -2.94. The molecule has 6 nitrogen and oxygen atoms in total. The molecule has 33 heavy (non-hydrogen) atoms. The number of benzene rings is 1. The van der Waals surface area contributed by atoms with Gasteiger partial charge in [0.25, 0.3) is 5.92 Å². The second-order valence-electron chi connectivity index (χ2n) is 9.04. The predicted octanol–water partition coefficient (Wildman–Crippen LogP) is 4.73. The minimum absolute atomic E-state index is 0.0119. The Morgan fingerprint density at radius 1 is 1.21 bits per heavy atom. The summed E-state index contributed by atoms with van der Waals surface area (Å²) in [5.41, 5.74) is 4.49. The number of carbonyl (C=O) groups is 1. The van der Waals surface area contributed by atoms with Gasteiger partial charge in [-0.25, -0.2) is 18.7 Å². The first-order chi connectivity index (χ1) is 16.0. The van der Waals surface area contributed by atoms with Crippen molar-refractivity contribution in [1.29, 1.82) is 0 Å². The SMILES string of the molecule is O=C(C1CCc2c(sc3ncnc(Nc4ccc5c(c4)C=NC5)c23)C1)N1CCC(F)(F)CC1. The quantitative estimate of drug-likeness (QED) is 0.605. The van der Waals surface area contributed by atoms with Crippen LogP contribution in [-0.4, -0.2) is 46.0 Å². The predicted molar refractivity (Wildman–Crippen MR) is 125 cm³/mol. The Balaban J connectivity index is 1.24. The van der Waals surface area contributed by atoms with E-state index in [4.69, 9.17) is 0 Å². The number of hydrogen-bond acceptors (Lipinski definition) is 6. The molecule has 1 atom stereocenters. The van der Waals surface area contributed by atoms with Crippen molar-refractivity contribution in [2.75, 3.05) is 18.4 Å². The Kier molecular flexibility index (Phi) is 4.90. The van der Waals surface area contributed by atoms with Crippen molar-refractivity contribution in [3.8, 4) is 0 Å². The van der Waals surface area contributed by atoms with E-state index < -0.39 is 5.92 Å². The molecule has 6 rings (SSSR count). The number of nitrogens with zero attached hydrogens (tertiary/aromatic N) is 4. The maximum Gasteiger partial charge on any atom is 0.251 e. The van der Waals surface area contributed by atoms with Crippen molar-refractivity contribution < 1.29 is 13.6 Å². The molecule has 2 aromatic heterocycles. The topological polar surface area (TPSA) is 70.5 Å². The van der Waals surface area contributed by atoms with Crippen molar-refractivity contribution in [2.45, 2.75) is 44.6 Å². The highest BCUT2D eigenvalue weighted by atomic mass is 32.1. The van der Waals surface area contributed by atoms with Gasteiger partial charge in [0.05, 0.1) is 11.9 Å². The van der Waals surface area contributed by atoms with Crippen molar-refractivity contribution >= 4 is 45.2 Å². The average molecular weight is 468 g/mol. The Bertz CT molecular complexity index is 1280. The molecule has 1 N–H and O–H groups in total. The molecule has 4 heterocycles. The highest BCUT2D eigenvalue weighted by Crippen LogP contribution is 2.41. The second-order valence-corrected chi connectivity index (χ2v) is 10.1. The average Bonchev–Trinajstić information content (AvgIpc) is 3.42. The summed E-state index contributed by atoms with van der Waals surface area (Å²) in [4.78, 5) is 30.0. The smallest absolute Gasteiger partial charge is 0.251 e. The zero-order chi connectivity index (χ0) is 22.6. The van der Waals surface area contributed by atoms with E-state index >= 15 is 0 Å². The number of thiophene rings is 1. The van der Waals surface area contributed by atoms with Crippen molar-refractivity contribution in [3.05, 3.63) is 46.1 Å². The molecule has 0 spiro atoms. The molecule has 2 aliphatic heterocycles. The third-order valence-electron chi connectivity index (χ3n) is 6.90. The number of halogens is 2. The van der Waals surface area contributed by atoms with Crippen molar-refractivity contribution in [2.24, 2.45) is 10.9 Å². The van der Waals surface area contributed by atoms with Gasteiger partial charge in [-0.3, -0.25) is 9.79 Å². The van der Waals surface area contributed by atoms with Crippen LogP contribution in [0.1, 0.15) is 40.8 Å². The highest BCUT2D eigenvalue weighted by Gasteiger charge is 2.38. The van der Waals surface area contributed by atoms with E-state index in [0.29, 0.717) is 12.8 Å². The van der Waals surface area contributed by atoms with Crippen LogP contribution >= 0.6 is 11.3 Å². The first-order valence-corrected chi connectivity index (χ1v) is 12.1. The molecule has 3 aromatic rings. The number of hydrogen-bond donors (Lipinski definition) is 1. The van der Waals surface area contributed by atoms with Crippen LogP contribution in [0.2, 0.25) is 0 Å². The molecule has 1 aromatic carbocycles. The summed E-state index contributed by atoms with van der Waals surface area (Å²) in [5.74, 6) is -2.01. The van der Waals surface area contributed by atoms with Gasteiger partial charge in [0.1, 0.15) is 17.0 Å². The van der Waals surface area contributed by atoms with E-state index in [2.05, 4.69) is 32.4 Å². The van der Waals surface area contributed by atoms with Crippen LogP contribution in [-0.2, 0) is 24.2 Å². The van der Waals surface area contributed by atoms with E-state index in [-0.39, 0.29) is 37.8 Å². The van der Waals surface area contributed by atoms with Crippen LogP contribution in [0.5, 0.6) is 0 Å². The Labute approximate surface area is 193 Å². The number of aromatic nitrogens is 2. The third-order valence-corrected chi connectivity index (χ3v) is 8.06. The second kappa shape index (κ2) is 7.83. The van der Waals surface area contributed by atoms with Gasteiger partial charge in [0.2, 0.25) is 5.91 Å². The molecule has 1 aliphatic carbocycles. The number of likely N-dealkylation sites (tertiary alicyclic amines) is 1. The molecule has 170 valence electrons. The van der Waals surface area contributed by atoms with Gasteiger partial charge in [-0.2, -0.15) is 0 Å². The number of nitrogens with one attached hydrogen (secondary N) is 1. The molecule has 1 fully saturated rings. The van der Waals surface area contributed by atoms with Crippen LogP contribution in [0.4, 0.5) is 20.3 Å². The van der Waals surface area contributed by atoms with Crippen LogP contribution in [0.3, 0.4) is 0 Å². The zero-order valence-corrected chi connectivity index (χ0v) is 18.8. The van der Waals surface area contributed by atoms with Gasteiger partial charge in [-0.1, -0.05) is 6.07 Å². The molecule has 1 saturated heterocycles. The lowest BCUT2D eigenvalue weighted by Crippen LogP contribution is -2.46. The number of alkyl halides is 2. The van der Waals surface area contributed by atoms with E-state index in [1.807, 2.05) is 12.3 Å². The number of amides is 1. The molecule has 0 radical (unpaired) electrons. The van der Waals surface area contributed by atoms with Gasteiger partial charge in [0.15, 0.2) is 0 Å². The standard InChI is InChI=1S/C24H23F2N5OS/c25-24(26)5-7-31(8-6-24)23(32)14-2-4-18-19(10-14)33-22-20(18)21(28-13-29-22)30-17-3-1-15-11-27-12-16(15)9-17/h1,3,9,12-14H,2,4-8,10-11H2,(H,28,29,30). The van der Waals surface area contributed by atoms with Gasteiger partial charge in [-0.15, -0.1) is 11.3 Å². The fourth-order valence-corrected chi connectivity index (χ4v) is 6.31. The summed E-state index contributed by atoms with van der Waals surface area (Å²) in [5, 5.41) is 4.48. The monoisotopic (exact) mass is 467 g/mol. The molecule has 1 amide bonds. The number of rotatable bonds is 3. The van der Waals surface area contributed by atoms with Crippen molar-refractivity contribution in [1.82, 2.24) is 14.9 Å². The van der Waals surface area contributed by atoms with E-state index in [1.54, 1.807) is 22.6 Å². The normalized spacial score (nSPS) is 21.2. The zero-order valence-electron chi connectivity index (χ0n) is 18.0. The van der Waals surface area contributed by atoms with Gasteiger partial charge < -0.3 is 10.2 Å². The lowest BCUT2D eigenvalue weighted by atomic mass is 9.86. The third kappa shape index (κ3) is 3.78. The number of piperidine rings is 1. The number of aryl methyl sites for hydroxylation is 1. The summed E-state index contributed by atoms with van der Waals surface area (Å²) in [6.07, 6.45) is 5.10. The molecule has 9 heteroatoms. The van der Waals surface area contributed by atoms with Crippen LogP contribution in [0, 0.1) is 5.92 Å². The van der Waals surface area contributed by atoms with E-state index in [0.717, 1.165) is 45.1 Å². The summed E-state index contributed by atoms with van der Waals surface area (Å²) in [6.45, 7) is 1.02. The fourth-order valence-electron chi connectivity index (χ4n) is 5.04. The highest BCUT2D eigenvalue weighted by molar-refractivity contribution is 7.19. The van der Waals surface area contributed by atoms with Crippen LogP contribution in [0.25, 0.3) is 10.2 Å². The summed E-state index contributed by atoms with van der Waals surface area (Å²) in [7, 11) is 0. The van der Waals surface area contributed by atoms with Gasteiger partial charge in [-0.05, 0) is 48.1 Å². The first kappa shape index (κ1) is 20.7. The molecule has 3 aliphatic rings. The van der Waals surface area contributed by atoms with E-state index in [9.17, 15) is 13.6 Å². The largest absolute Gasteiger partial charge is 0.342 e. The summed E-state index contributed by atoms with van der Waals surface area (Å²) < 4.78 is 27.0. The molecule has 1 unspecified atom stereocenters. The lowest BCUT2D eigenvalue weighted by Gasteiger charge is -2.35. The Morgan fingerprint density at radius 2 is 2.06 bits per heavy atom. The number of aliphatic imine (C=N–C) groups is 1. The molecular weight excluding hydrogens is 444 g/mol.